The highest BCUT2D eigenvalue weighted by molar-refractivity contribution is 5.33. The summed E-state index contributed by atoms with van der Waals surface area (Å²) >= 11 is 0. The Kier molecular flexibility index (Phi) is 3.20. The molecule has 1 atom stereocenters. The Morgan fingerprint density at radius 2 is 1.47 bits per heavy atom. The first-order valence-corrected chi connectivity index (χ1v) is 5.28. The van der Waals surface area contributed by atoms with Crippen LogP contribution in [0.2, 0.25) is 0 Å². The summed E-state index contributed by atoms with van der Waals surface area (Å²) in [5, 5.41) is 10.00. The van der Waals surface area contributed by atoms with Crippen molar-refractivity contribution in [3.63, 3.8) is 0 Å². The molecule has 3 heteroatoms. The predicted octanol–water partition coefficient (Wildman–Crippen LogP) is 3.35. The molecule has 0 saturated heterocycles. The largest absolute Gasteiger partial charge is 0.384 e. The van der Waals surface area contributed by atoms with Crippen LogP contribution in [-0.4, -0.2) is 5.11 Å². The molecule has 0 radical (unpaired) electrons. The number of hydrogen-bond donors (Lipinski definition) is 1. The number of benzene rings is 2. The Morgan fingerprint density at radius 1 is 0.941 bits per heavy atom. The Morgan fingerprint density at radius 3 is 2.00 bits per heavy atom. The van der Waals surface area contributed by atoms with Gasteiger partial charge in [0.1, 0.15) is 17.7 Å². The van der Waals surface area contributed by atoms with Crippen molar-refractivity contribution in [1.82, 2.24) is 0 Å². The summed E-state index contributed by atoms with van der Waals surface area (Å²) in [6, 6.07) is 11.1. The standard InChI is InChI=1S/C14H12F2O/c1-9-12(15)7-11(8-13(9)16)14(17)10-5-3-2-4-6-10/h2-8,14,17H,1H3. The van der Waals surface area contributed by atoms with Crippen LogP contribution in [0.5, 0.6) is 0 Å². The Balaban J connectivity index is 2.41. The summed E-state index contributed by atoms with van der Waals surface area (Å²) < 4.78 is 26.7. The predicted molar refractivity (Wildman–Crippen MR) is 61.6 cm³/mol. The van der Waals surface area contributed by atoms with Crippen LogP contribution in [0, 0.1) is 18.6 Å². The normalized spacial score (nSPS) is 12.5. The van der Waals surface area contributed by atoms with E-state index in [1.165, 1.54) is 6.92 Å². The second kappa shape index (κ2) is 4.63. The lowest BCUT2D eigenvalue weighted by atomic mass is 10.00. The van der Waals surface area contributed by atoms with Gasteiger partial charge in [0.05, 0.1) is 0 Å². The van der Waals surface area contributed by atoms with E-state index in [-0.39, 0.29) is 11.1 Å². The fraction of sp³-hybridized carbons (Fsp3) is 0.143. The molecule has 1 N–H and O–H groups in total. The van der Waals surface area contributed by atoms with Crippen LogP contribution in [0.3, 0.4) is 0 Å². The fourth-order valence-electron chi connectivity index (χ4n) is 1.65. The van der Waals surface area contributed by atoms with E-state index in [2.05, 4.69) is 0 Å². The van der Waals surface area contributed by atoms with Gasteiger partial charge in [-0.3, -0.25) is 0 Å². The van der Waals surface area contributed by atoms with Crippen LogP contribution in [0.25, 0.3) is 0 Å². The van der Waals surface area contributed by atoms with Gasteiger partial charge in [-0.05, 0) is 30.2 Å². The van der Waals surface area contributed by atoms with Crippen LogP contribution >= 0.6 is 0 Å². The maximum Gasteiger partial charge on any atom is 0.129 e. The highest BCUT2D eigenvalue weighted by Crippen LogP contribution is 2.24. The summed E-state index contributed by atoms with van der Waals surface area (Å²) in [7, 11) is 0. The summed E-state index contributed by atoms with van der Waals surface area (Å²) in [6.45, 7) is 1.36. The van der Waals surface area contributed by atoms with Gasteiger partial charge in [0.25, 0.3) is 0 Å². The topological polar surface area (TPSA) is 20.2 Å². The highest BCUT2D eigenvalue weighted by Gasteiger charge is 2.14. The van der Waals surface area contributed by atoms with Crippen molar-refractivity contribution in [1.29, 1.82) is 0 Å². The summed E-state index contributed by atoms with van der Waals surface area (Å²) in [6.07, 6.45) is -1.01. The molecular formula is C14H12F2O. The van der Waals surface area contributed by atoms with E-state index in [0.717, 1.165) is 12.1 Å². The molecule has 0 aliphatic carbocycles. The highest BCUT2D eigenvalue weighted by atomic mass is 19.1. The number of hydrogen-bond acceptors (Lipinski definition) is 1. The summed E-state index contributed by atoms with van der Waals surface area (Å²) in [5.41, 5.74) is 0.793. The average molecular weight is 234 g/mol. The van der Waals surface area contributed by atoms with E-state index in [0.29, 0.717) is 5.56 Å². The molecule has 2 aromatic carbocycles. The molecule has 2 rings (SSSR count). The van der Waals surface area contributed by atoms with Crippen LogP contribution < -0.4 is 0 Å². The first-order chi connectivity index (χ1) is 8.09. The summed E-state index contributed by atoms with van der Waals surface area (Å²) in [5.74, 6) is -1.29. The lowest BCUT2D eigenvalue weighted by Crippen LogP contribution is -2.02. The van der Waals surface area contributed by atoms with Crippen molar-refractivity contribution >= 4 is 0 Å². The van der Waals surface area contributed by atoms with Gasteiger partial charge in [0, 0.05) is 5.56 Å². The van der Waals surface area contributed by atoms with Gasteiger partial charge in [0.15, 0.2) is 0 Å². The smallest absolute Gasteiger partial charge is 0.129 e. The molecule has 1 nitrogen and oxygen atoms in total. The van der Waals surface area contributed by atoms with E-state index in [9.17, 15) is 13.9 Å². The first kappa shape index (κ1) is 11.7. The zero-order valence-corrected chi connectivity index (χ0v) is 9.32. The van der Waals surface area contributed by atoms with E-state index >= 15 is 0 Å². The molecule has 2 aromatic rings. The fourth-order valence-corrected chi connectivity index (χ4v) is 1.65. The zero-order chi connectivity index (χ0) is 12.4. The van der Waals surface area contributed by atoms with Crippen molar-refractivity contribution in [3.8, 4) is 0 Å². The number of aliphatic hydroxyl groups is 1. The quantitative estimate of drug-likeness (QED) is 0.844. The van der Waals surface area contributed by atoms with E-state index < -0.39 is 17.7 Å². The Bertz CT molecular complexity index is 500. The molecule has 0 fully saturated rings. The summed E-state index contributed by atoms with van der Waals surface area (Å²) in [4.78, 5) is 0. The second-order valence-electron chi connectivity index (χ2n) is 3.92. The van der Waals surface area contributed by atoms with Gasteiger partial charge >= 0.3 is 0 Å². The SMILES string of the molecule is Cc1c(F)cc(C(O)c2ccccc2)cc1F. The number of rotatable bonds is 2. The minimum Gasteiger partial charge on any atom is -0.384 e. The van der Waals surface area contributed by atoms with Gasteiger partial charge in [-0.1, -0.05) is 30.3 Å². The van der Waals surface area contributed by atoms with Gasteiger partial charge in [-0.25, -0.2) is 8.78 Å². The van der Waals surface area contributed by atoms with Gasteiger partial charge in [0.2, 0.25) is 0 Å². The van der Waals surface area contributed by atoms with Crippen molar-refractivity contribution in [2.75, 3.05) is 0 Å². The van der Waals surface area contributed by atoms with Crippen LogP contribution in [0.4, 0.5) is 8.78 Å². The van der Waals surface area contributed by atoms with Gasteiger partial charge < -0.3 is 5.11 Å². The minimum absolute atomic E-state index is 0.0333. The molecule has 0 aliphatic rings. The van der Waals surface area contributed by atoms with Crippen molar-refractivity contribution in [2.45, 2.75) is 13.0 Å². The lowest BCUT2D eigenvalue weighted by molar-refractivity contribution is 0.219. The van der Waals surface area contributed by atoms with Crippen molar-refractivity contribution in [2.24, 2.45) is 0 Å². The third-order valence-electron chi connectivity index (χ3n) is 2.73. The first-order valence-electron chi connectivity index (χ1n) is 5.28. The molecule has 0 amide bonds. The van der Waals surface area contributed by atoms with E-state index in [4.69, 9.17) is 0 Å². The third kappa shape index (κ3) is 2.34. The molecular weight excluding hydrogens is 222 g/mol. The average Bonchev–Trinajstić information content (AvgIpc) is 2.35. The molecule has 0 aromatic heterocycles. The third-order valence-corrected chi connectivity index (χ3v) is 2.73. The maximum atomic E-state index is 13.4. The molecule has 0 saturated carbocycles. The molecule has 88 valence electrons. The van der Waals surface area contributed by atoms with Gasteiger partial charge in [-0.15, -0.1) is 0 Å². The molecule has 0 bridgehead atoms. The van der Waals surface area contributed by atoms with E-state index in [1.807, 2.05) is 6.07 Å². The second-order valence-corrected chi connectivity index (χ2v) is 3.92. The maximum absolute atomic E-state index is 13.4. The molecule has 0 heterocycles. The van der Waals surface area contributed by atoms with Crippen LogP contribution in [0.15, 0.2) is 42.5 Å². The monoisotopic (exact) mass is 234 g/mol. The zero-order valence-electron chi connectivity index (χ0n) is 9.32. The van der Waals surface area contributed by atoms with Crippen LogP contribution in [0.1, 0.15) is 22.8 Å². The molecule has 0 aliphatic heterocycles. The molecule has 1 unspecified atom stereocenters. The van der Waals surface area contributed by atoms with Gasteiger partial charge in [-0.2, -0.15) is 0 Å². The van der Waals surface area contributed by atoms with Crippen LogP contribution in [-0.2, 0) is 0 Å². The van der Waals surface area contributed by atoms with Crippen molar-refractivity contribution < 1.29 is 13.9 Å². The molecule has 0 spiro atoms. The van der Waals surface area contributed by atoms with Crippen molar-refractivity contribution in [3.05, 3.63) is 70.8 Å². The minimum atomic E-state index is -1.01. The Labute approximate surface area is 98.3 Å². The number of halogens is 2. The Hall–Kier alpha value is -1.74. The molecule has 17 heavy (non-hydrogen) atoms. The number of aliphatic hydroxyl groups excluding tert-OH is 1. The lowest BCUT2D eigenvalue weighted by Gasteiger charge is -2.12. The van der Waals surface area contributed by atoms with E-state index in [1.54, 1.807) is 24.3 Å².